The number of amides is 2. The Bertz CT molecular complexity index is 597. The van der Waals surface area contributed by atoms with Gasteiger partial charge in [0.1, 0.15) is 0 Å². The number of carbonyl (C=O) groups excluding carboxylic acids is 1. The summed E-state index contributed by atoms with van der Waals surface area (Å²) in [5, 5.41) is 17.9. The van der Waals surface area contributed by atoms with Crippen LogP contribution >= 0.6 is 0 Å². The highest BCUT2D eigenvalue weighted by Crippen LogP contribution is 2.39. The van der Waals surface area contributed by atoms with E-state index in [1.165, 1.54) is 12.8 Å². The summed E-state index contributed by atoms with van der Waals surface area (Å²) in [6.07, 6.45) is 1.95. The summed E-state index contributed by atoms with van der Waals surface area (Å²) in [5.41, 5.74) is 2.25. The van der Waals surface area contributed by atoms with Crippen LogP contribution in [0.5, 0.6) is 0 Å². The van der Waals surface area contributed by atoms with E-state index >= 15 is 0 Å². The van der Waals surface area contributed by atoms with Crippen LogP contribution in [0.15, 0.2) is 6.07 Å². The summed E-state index contributed by atoms with van der Waals surface area (Å²) in [6.45, 7) is 5.54. The molecule has 2 N–H and O–H groups in total. The number of β-amino-alcohol motifs (C(OH)–C–C–N with tert-alkyl or cyclic N) is 1. The molecule has 1 saturated carbocycles. The molecule has 0 spiro atoms. The Kier molecular flexibility index (Phi) is 4.91. The second-order valence-corrected chi connectivity index (χ2v) is 7.31. The Labute approximate surface area is 147 Å². The molecule has 1 atom stereocenters. The second kappa shape index (κ2) is 7.31. The molecule has 4 rings (SSSR count). The van der Waals surface area contributed by atoms with Gasteiger partial charge in [-0.3, -0.25) is 10.00 Å². The Morgan fingerprint density at radius 2 is 2.00 bits per heavy atom. The standard InChI is InChI=1S/C17H27N5O3/c23-15-11-20(10-14-9-16(19-18-14)13-1-2-13)3-4-22(12-15)17(24)21-5-7-25-8-6-21/h9,13,15,23H,1-8,10-12H2,(H,18,19)/t15-/m1/s1. The molecule has 3 fully saturated rings. The fourth-order valence-corrected chi connectivity index (χ4v) is 3.62. The smallest absolute Gasteiger partial charge is 0.320 e. The van der Waals surface area contributed by atoms with Crippen molar-refractivity contribution in [3.8, 4) is 0 Å². The molecule has 2 amide bonds. The zero-order valence-electron chi connectivity index (χ0n) is 14.6. The molecule has 1 aromatic heterocycles. The number of hydrogen-bond acceptors (Lipinski definition) is 5. The van der Waals surface area contributed by atoms with Gasteiger partial charge in [0, 0.05) is 57.4 Å². The van der Waals surface area contributed by atoms with Crippen LogP contribution in [0.4, 0.5) is 4.79 Å². The van der Waals surface area contributed by atoms with Crippen molar-refractivity contribution in [3.63, 3.8) is 0 Å². The third-order valence-electron chi connectivity index (χ3n) is 5.18. The molecule has 8 heteroatoms. The molecule has 0 radical (unpaired) electrons. The number of aromatic nitrogens is 2. The molecule has 2 aliphatic heterocycles. The fraction of sp³-hybridized carbons (Fsp3) is 0.765. The molecule has 25 heavy (non-hydrogen) atoms. The molecule has 8 nitrogen and oxygen atoms in total. The van der Waals surface area contributed by atoms with Crippen LogP contribution in [-0.4, -0.2) is 94.6 Å². The van der Waals surface area contributed by atoms with Crippen molar-refractivity contribution in [2.75, 3.05) is 52.5 Å². The molecular weight excluding hydrogens is 322 g/mol. The first-order valence-corrected chi connectivity index (χ1v) is 9.25. The first kappa shape index (κ1) is 16.8. The van der Waals surface area contributed by atoms with E-state index in [9.17, 15) is 9.90 Å². The van der Waals surface area contributed by atoms with Crippen LogP contribution in [0.1, 0.15) is 30.1 Å². The van der Waals surface area contributed by atoms with Gasteiger partial charge >= 0.3 is 6.03 Å². The number of morpholine rings is 1. The predicted molar refractivity (Wildman–Crippen MR) is 91.2 cm³/mol. The third kappa shape index (κ3) is 4.13. The number of aromatic amines is 1. The lowest BCUT2D eigenvalue weighted by Gasteiger charge is -2.32. The van der Waals surface area contributed by atoms with E-state index in [1.807, 2.05) is 4.90 Å². The summed E-state index contributed by atoms with van der Waals surface area (Å²) in [5.74, 6) is 0.640. The normalized spacial score (nSPS) is 25.9. The number of rotatable bonds is 3. The van der Waals surface area contributed by atoms with Gasteiger partial charge in [0.25, 0.3) is 0 Å². The summed E-state index contributed by atoms with van der Waals surface area (Å²) in [6, 6.07) is 2.16. The Morgan fingerprint density at radius 3 is 2.76 bits per heavy atom. The number of hydrogen-bond donors (Lipinski definition) is 2. The average molecular weight is 349 g/mol. The van der Waals surface area contributed by atoms with Gasteiger partial charge in [0.05, 0.1) is 25.0 Å². The van der Waals surface area contributed by atoms with Crippen LogP contribution in [0.3, 0.4) is 0 Å². The van der Waals surface area contributed by atoms with Gasteiger partial charge in [-0.2, -0.15) is 5.10 Å². The third-order valence-corrected chi connectivity index (χ3v) is 5.18. The number of ether oxygens (including phenoxy) is 1. The van der Waals surface area contributed by atoms with Crippen LogP contribution in [-0.2, 0) is 11.3 Å². The lowest BCUT2D eigenvalue weighted by Crippen LogP contribution is -2.50. The SMILES string of the molecule is O=C(N1CCOCC1)N1CCN(Cc2cc(C3CC3)n[nH]2)C[C@@H](O)C1. The molecule has 1 aromatic rings. The highest BCUT2D eigenvalue weighted by Gasteiger charge is 2.29. The lowest BCUT2D eigenvalue weighted by molar-refractivity contribution is 0.0398. The van der Waals surface area contributed by atoms with Crippen molar-refractivity contribution >= 4 is 6.03 Å². The maximum Gasteiger partial charge on any atom is 0.320 e. The van der Waals surface area contributed by atoms with E-state index in [0.717, 1.165) is 24.5 Å². The molecule has 0 bridgehead atoms. The largest absolute Gasteiger partial charge is 0.390 e. The van der Waals surface area contributed by atoms with E-state index in [-0.39, 0.29) is 6.03 Å². The summed E-state index contributed by atoms with van der Waals surface area (Å²) in [7, 11) is 0. The number of H-pyrrole nitrogens is 1. The van der Waals surface area contributed by atoms with Gasteiger partial charge in [-0.15, -0.1) is 0 Å². The topological polar surface area (TPSA) is 84.9 Å². The van der Waals surface area contributed by atoms with E-state index < -0.39 is 6.10 Å². The summed E-state index contributed by atoms with van der Waals surface area (Å²) in [4.78, 5) is 18.4. The van der Waals surface area contributed by atoms with Gasteiger partial charge in [0.2, 0.25) is 0 Å². The van der Waals surface area contributed by atoms with Gasteiger partial charge in [-0.1, -0.05) is 0 Å². The van der Waals surface area contributed by atoms with Crippen molar-refractivity contribution in [1.82, 2.24) is 24.9 Å². The lowest BCUT2D eigenvalue weighted by atomic mass is 10.2. The number of urea groups is 1. The maximum absolute atomic E-state index is 12.7. The Hall–Kier alpha value is -1.64. The van der Waals surface area contributed by atoms with Crippen LogP contribution < -0.4 is 0 Å². The Morgan fingerprint density at radius 1 is 1.20 bits per heavy atom. The van der Waals surface area contributed by atoms with Crippen LogP contribution in [0.2, 0.25) is 0 Å². The number of aliphatic hydroxyl groups excluding tert-OH is 1. The minimum atomic E-state index is -0.529. The first-order valence-electron chi connectivity index (χ1n) is 9.25. The Balaban J connectivity index is 1.34. The first-order chi connectivity index (χ1) is 12.2. The molecule has 0 unspecified atom stereocenters. The number of nitrogens with zero attached hydrogens (tertiary/aromatic N) is 4. The summed E-state index contributed by atoms with van der Waals surface area (Å²) < 4.78 is 5.31. The number of aliphatic hydroxyl groups is 1. The monoisotopic (exact) mass is 349 g/mol. The van der Waals surface area contributed by atoms with Gasteiger partial charge in [-0.05, 0) is 18.9 Å². The van der Waals surface area contributed by atoms with Gasteiger partial charge in [0.15, 0.2) is 0 Å². The van der Waals surface area contributed by atoms with Crippen LogP contribution in [0.25, 0.3) is 0 Å². The van der Waals surface area contributed by atoms with Crippen molar-refractivity contribution in [1.29, 1.82) is 0 Å². The predicted octanol–water partition coefficient (Wildman–Crippen LogP) is 0.218. The number of carbonyl (C=O) groups is 1. The fourth-order valence-electron chi connectivity index (χ4n) is 3.62. The molecule has 0 aromatic carbocycles. The van der Waals surface area contributed by atoms with Crippen molar-refractivity contribution in [2.24, 2.45) is 0 Å². The quantitative estimate of drug-likeness (QED) is 0.815. The zero-order valence-corrected chi connectivity index (χ0v) is 14.6. The van der Waals surface area contributed by atoms with Crippen LogP contribution in [0, 0.1) is 0 Å². The van der Waals surface area contributed by atoms with E-state index in [2.05, 4.69) is 21.2 Å². The van der Waals surface area contributed by atoms with Gasteiger partial charge < -0.3 is 19.6 Å². The molecule has 3 aliphatic rings. The second-order valence-electron chi connectivity index (χ2n) is 7.31. The average Bonchev–Trinajstić information content (AvgIpc) is 3.40. The van der Waals surface area contributed by atoms with Crippen molar-refractivity contribution in [3.05, 3.63) is 17.5 Å². The zero-order chi connectivity index (χ0) is 17.2. The minimum absolute atomic E-state index is 0.0155. The molecule has 3 heterocycles. The van der Waals surface area contributed by atoms with E-state index in [0.29, 0.717) is 51.9 Å². The highest BCUT2D eigenvalue weighted by atomic mass is 16.5. The van der Waals surface area contributed by atoms with Crippen molar-refractivity contribution < 1.29 is 14.6 Å². The van der Waals surface area contributed by atoms with E-state index in [1.54, 1.807) is 4.90 Å². The molecule has 138 valence electrons. The summed E-state index contributed by atoms with van der Waals surface area (Å²) >= 11 is 0. The maximum atomic E-state index is 12.7. The minimum Gasteiger partial charge on any atom is -0.390 e. The highest BCUT2D eigenvalue weighted by molar-refractivity contribution is 5.74. The molecule has 2 saturated heterocycles. The van der Waals surface area contributed by atoms with E-state index in [4.69, 9.17) is 4.74 Å². The molecular formula is C17H27N5O3. The van der Waals surface area contributed by atoms with Crippen molar-refractivity contribution in [2.45, 2.75) is 31.4 Å². The molecule has 1 aliphatic carbocycles. The van der Waals surface area contributed by atoms with Gasteiger partial charge in [-0.25, -0.2) is 4.79 Å². The number of nitrogens with one attached hydrogen (secondary N) is 1.